The first-order valence-electron chi connectivity index (χ1n) is 3.87. The van der Waals surface area contributed by atoms with Gasteiger partial charge in [-0.2, -0.15) is 5.26 Å². The Kier molecular flexibility index (Phi) is 2.35. The number of nitrogens with zero attached hydrogens (tertiary/aromatic N) is 1. The smallest absolute Gasteiger partial charge is 0.0669 e. The highest BCUT2D eigenvalue weighted by Gasteiger charge is 2.00. The molecule has 1 rings (SSSR count). The van der Waals surface area contributed by atoms with Crippen LogP contribution in [0.1, 0.15) is 16.7 Å². The van der Waals surface area contributed by atoms with Crippen molar-refractivity contribution >= 4 is 5.69 Å². The number of nitrogen functional groups attached to an aromatic ring is 1. The summed E-state index contributed by atoms with van der Waals surface area (Å²) < 4.78 is 0. The molecule has 0 saturated heterocycles. The van der Waals surface area contributed by atoms with Crippen LogP contribution in [0.25, 0.3) is 0 Å². The molecule has 62 valence electrons. The van der Waals surface area contributed by atoms with E-state index in [1.807, 2.05) is 26.0 Å². The molecule has 0 bridgehead atoms. The van der Waals surface area contributed by atoms with Gasteiger partial charge in [0.25, 0.3) is 0 Å². The molecule has 1 aromatic carbocycles. The van der Waals surface area contributed by atoms with Crippen molar-refractivity contribution in [3.8, 4) is 6.07 Å². The van der Waals surface area contributed by atoms with Gasteiger partial charge in [-0.05, 0) is 36.6 Å². The lowest BCUT2D eigenvalue weighted by Gasteiger charge is -2.05. The normalized spacial score (nSPS) is 9.42. The zero-order chi connectivity index (χ0) is 9.14. The number of rotatable bonds is 1. The van der Waals surface area contributed by atoms with Crippen LogP contribution in [0.4, 0.5) is 5.69 Å². The van der Waals surface area contributed by atoms with Gasteiger partial charge in [-0.3, -0.25) is 0 Å². The topological polar surface area (TPSA) is 49.8 Å². The fourth-order valence-electron chi connectivity index (χ4n) is 1.17. The van der Waals surface area contributed by atoms with E-state index in [9.17, 15) is 0 Å². The van der Waals surface area contributed by atoms with Crippen molar-refractivity contribution in [1.82, 2.24) is 0 Å². The Morgan fingerprint density at radius 3 is 2.58 bits per heavy atom. The molecule has 0 heterocycles. The van der Waals surface area contributed by atoms with Gasteiger partial charge in [0, 0.05) is 5.69 Å². The van der Waals surface area contributed by atoms with E-state index >= 15 is 0 Å². The molecular weight excluding hydrogens is 148 g/mol. The second-order valence-corrected chi connectivity index (χ2v) is 2.97. The summed E-state index contributed by atoms with van der Waals surface area (Å²) in [5.74, 6) is 0. The predicted octanol–water partition coefficient (Wildman–Crippen LogP) is 1.95. The second kappa shape index (κ2) is 3.27. The van der Waals surface area contributed by atoms with Crippen LogP contribution >= 0.6 is 0 Å². The van der Waals surface area contributed by atoms with Crippen LogP contribution in [0.3, 0.4) is 0 Å². The number of hydrogen-bond acceptors (Lipinski definition) is 2. The zero-order valence-corrected chi connectivity index (χ0v) is 7.39. The average molecular weight is 160 g/mol. The molecule has 0 unspecified atom stereocenters. The van der Waals surface area contributed by atoms with E-state index in [0.717, 1.165) is 22.4 Å². The Morgan fingerprint density at radius 2 is 2.00 bits per heavy atom. The lowest BCUT2D eigenvalue weighted by atomic mass is 10.0. The first-order valence-corrected chi connectivity index (χ1v) is 3.87. The van der Waals surface area contributed by atoms with Crippen molar-refractivity contribution in [1.29, 1.82) is 5.26 Å². The molecule has 1 aromatic rings. The zero-order valence-electron chi connectivity index (χ0n) is 7.39. The van der Waals surface area contributed by atoms with Crippen LogP contribution in [0, 0.1) is 25.2 Å². The van der Waals surface area contributed by atoms with Gasteiger partial charge < -0.3 is 5.73 Å². The van der Waals surface area contributed by atoms with Crippen molar-refractivity contribution in [3.05, 3.63) is 28.8 Å². The molecule has 2 heteroatoms. The molecule has 0 aliphatic carbocycles. The summed E-state index contributed by atoms with van der Waals surface area (Å²) in [6.07, 6.45) is 0.465. The van der Waals surface area contributed by atoms with E-state index in [0.29, 0.717) is 6.42 Å². The summed E-state index contributed by atoms with van der Waals surface area (Å²) in [7, 11) is 0. The number of anilines is 1. The van der Waals surface area contributed by atoms with Gasteiger partial charge in [-0.15, -0.1) is 0 Å². The largest absolute Gasteiger partial charge is 0.399 e. The second-order valence-electron chi connectivity index (χ2n) is 2.97. The Balaban J connectivity index is 3.16. The van der Waals surface area contributed by atoms with Crippen LogP contribution in [0.15, 0.2) is 12.1 Å². The van der Waals surface area contributed by atoms with E-state index in [-0.39, 0.29) is 0 Å². The van der Waals surface area contributed by atoms with Crippen LogP contribution in [0.2, 0.25) is 0 Å². The fourth-order valence-corrected chi connectivity index (χ4v) is 1.17. The van der Waals surface area contributed by atoms with Gasteiger partial charge in [-0.25, -0.2) is 0 Å². The molecule has 0 amide bonds. The van der Waals surface area contributed by atoms with Crippen molar-refractivity contribution in [2.75, 3.05) is 5.73 Å². The molecule has 0 aliphatic heterocycles. The molecular formula is C10H12N2. The summed E-state index contributed by atoms with van der Waals surface area (Å²) in [5.41, 5.74) is 9.72. The van der Waals surface area contributed by atoms with Crippen LogP contribution < -0.4 is 5.73 Å². The number of nitrogens with two attached hydrogens (primary N) is 1. The van der Waals surface area contributed by atoms with Crippen molar-refractivity contribution in [2.24, 2.45) is 0 Å². The monoisotopic (exact) mass is 160 g/mol. The minimum absolute atomic E-state index is 0.465. The summed E-state index contributed by atoms with van der Waals surface area (Å²) in [6, 6.07) is 6.03. The molecule has 0 atom stereocenters. The molecule has 12 heavy (non-hydrogen) atoms. The van der Waals surface area contributed by atoms with Crippen molar-refractivity contribution < 1.29 is 0 Å². The highest BCUT2D eigenvalue weighted by molar-refractivity contribution is 5.51. The van der Waals surface area contributed by atoms with Gasteiger partial charge in [0.15, 0.2) is 0 Å². The first kappa shape index (κ1) is 8.61. The SMILES string of the molecule is Cc1cc(CC#N)c(C)cc1N. The third-order valence-electron chi connectivity index (χ3n) is 1.99. The number of hydrogen-bond donors (Lipinski definition) is 1. The number of nitriles is 1. The summed E-state index contributed by atoms with van der Waals surface area (Å²) in [5, 5.41) is 8.52. The average Bonchev–Trinajstić information content (AvgIpc) is 2.01. The van der Waals surface area contributed by atoms with E-state index in [4.69, 9.17) is 11.0 Å². The number of benzene rings is 1. The Labute approximate surface area is 72.6 Å². The Hall–Kier alpha value is -1.49. The van der Waals surface area contributed by atoms with Gasteiger partial charge in [-0.1, -0.05) is 6.07 Å². The van der Waals surface area contributed by atoms with Crippen LogP contribution in [-0.2, 0) is 6.42 Å². The van der Waals surface area contributed by atoms with Gasteiger partial charge >= 0.3 is 0 Å². The molecule has 0 spiro atoms. The minimum atomic E-state index is 0.465. The lowest BCUT2D eigenvalue weighted by molar-refractivity contribution is 1.20. The minimum Gasteiger partial charge on any atom is -0.399 e. The Bertz CT molecular complexity index is 334. The van der Waals surface area contributed by atoms with Gasteiger partial charge in [0.2, 0.25) is 0 Å². The maximum atomic E-state index is 8.52. The van der Waals surface area contributed by atoms with Gasteiger partial charge in [0.1, 0.15) is 0 Å². The summed E-state index contributed by atoms with van der Waals surface area (Å²) in [6.45, 7) is 3.93. The highest BCUT2D eigenvalue weighted by atomic mass is 14.6. The summed E-state index contributed by atoms with van der Waals surface area (Å²) >= 11 is 0. The highest BCUT2D eigenvalue weighted by Crippen LogP contribution is 2.17. The molecule has 2 nitrogen and oxygen atoms in total. The van der Waals surface area contributed by atoms with E-state index < -0.39 is 0 Å². The third-order valence-corrected chi connectivity index (χ3v) is 1.99. The van der Waals surface area contributed by atoms with Crippen LogP contribution in [-0.4, -0.2) is 0 Å². The fraction of sp³-hybridized carbons (Fsp3) is 0.300. The maximum Gasteiger partial charge on any atom is 0.0669 e. The molecule has 0 radical (unpaired) electrons. The van der Waals surface area contributed by atoms with Crippen molar-refractivity contribution in [3.63, 3.8) is 0 Å². The lowest BCUT2D eigenvalue weighted by Crippen LogP contribution is -1.94. The molecule has 2 N–H and O–H groups in total. The maximum absolute atomic E-state index is 8.52. The Morgan fingerprint density at radius 1 is 1.33 bits per heavy atom. The molecule has 0 aromatic heterocycles. The molecule has 0 aliphatic rings. The standard InChI is InChI=1S/C10H12N2/c1-7-6-10(12)8(2)5-9(7)3-4-11/h5-6H,3,12H2,1-2H3. The third kappa shape index (κ3) is 1.57. The van der Waals surface area contributed by atoms with Crippen LogP contribution in [0.5, 0.6) is 0 Å². The van der Waals surface area contributed by atoms with E-state index in [1.165, 1.54) is 0 Å². The van der Waals surface area contributed by atoms with E-state index in [1.54, 1.807) is 0 Å². The van der Waals surface area contributed by atoms with E-state index in [2.05, 4.69) is 6.07 Å². The van der Waals surface area contributed by atoms with Crippen molar-refractivity contribution in [2.45, 2.75) is 20.3 Å². The first-order chi connectivity index (χ1) is 5.65. The van der Waals surface area contributed by atoms with Gasteiger partial charge in [0.05, 0.1) is 12.5 Å². The quantitative estimate of drug-likeness (QED) is 0.638. The molecule has 0 fully saturated rings. The predicted molar refractivity (Wildman–Crippen MR) is 49.6 cm³/mol. The molecule has 0 saturated carbocycles. The summed E-state index contributed by atoms with van der Waals surface area (Å²) in [4.78, 5) is 0. The number of aryl methyl sites for hydroxylation is 2.